The molecular formula is C9H19NO2. The quantitative estimate of drug-likeness (QED) is 0.522. The summed E-state index contributed by atoms with van der Waals surface area (Å²) >= 11 is 0. The van der Waals surface area contributed by atoms with Crippen LogP contribution in [0, 0.1) is 5.41 Å². The lowest BCUT2D eigenvalue weighted by atomic mass is 9.87. The first-order valence-electron chi connectivity index (χ1n) is 4.46. The molecule has 0 aromatic carbocycles. The number of nitrogens with zero attached hydrogens (tertiary/aromatic N) is 1. The van der Waals surface area contributed by atoms with Crippen LogP contribution >= 0.6 is 0 Å². The van der Waals surface area contributed by atoms with Crippen molar-refractivity contribution in [3.05, 3.63) is 0 Å². The third-order valence-electron chi connectivity index (χ3n) is 1.99. The third-order valence-corrected chi connectivity index (χ3v) is 1.99. The molecular weight excluding hydrogens is 154 g/mol. The smallest absolute Gasteiger partial charge is 0.251 e. The molecule has 0 unspecified atom stereocenters. The molecule has 0 radical (unpaired) electrons. The van der Waals surface area contributed by atoms with Crippen molar-refractivity contribution in [1.29, 1.82) is 0 Å². The summed E-state index contributed by atoms with van der Waals surface area (Å²) in [5, 5.41) is 9.96. The highest BCUT2D eigenvalue weighted by molar-refractivity contribution is 5.80. The second-order valence-electron chi connectivity index (χ2n) is 3.65. The standard InChI is InChI=1S/C9H19NO2/c1-5-7-9(3,4)8(11)10(12)6-2/h12H,5-7H2,1-4H3. The van der Waals surface area contributed by atoms with Crippen LogP contribution in [-0.2, 0) is 4.79 Å². The Morgan fingerprint density at radius 2 is 1.92 bits per heavy atom. The SMILES string of the molecule is CCCC(C)(C)C(=O)N(O)CC. The van der Waals surface area contributed by atoms with Crippen molar-refractivity contribution in [2.45, 2.75) is 40.5 Å². The van der Waals surface area contributed by atoms with Crippen molar-refractivity contribution in [2.24, 2.45) is 5.41 Å². The van der Waals surface area contributed by atoms with E-state index < -0.39 is 5.41 Å². The van der Waals surface area contributed by atoms with Crippen LogP contribution in [0.15, 0.2) is 0 Å². The average Bonchev–Trinajstić information content (AvgIpc) is 2.01. The number of carbonyl (C=O) groups excluding carboxylic acids is 1. The predicted octanol–water partition coefficient (Wildman–Crippen LogP) is 2.05. The van der Waals surface area contributed by atoms with Gasteiger partial charge in [-0.1, -0.05) is 27.2 Å². The summed E-state index contributed by atoms with van der Waals surface area (Å²) in [7, 11) is 0. The van der Waals surface area contributed by atoms with Crippen LogP contribution in [0.3, 0.4) is 0 Å². The number of amides is 1. The second-order valence-corrected chi connectivity index (χ2v) is 3.65. The van der Waals surface area contributed by atoms with Gasteiger partial charge in [-0.15, -0.1) is 0 Å². The summed E-state index contributed by atoms with van der Waals surface area (Å²) in [6.45, 7) is 7.85. The Morgan fingerprint density at radius 1 is 1.42 bits per heavy atom. The van der Waals surface area contributed by atoms with Gasteiger partial charge in [0.25, 0.3) is 5.91 Å². The molecule has 0 rings (SSSR count). The zero-order valence-electron chi connectivity index (χ0n) is 8.42. The lowest BCUT2D eigenvalue weighted by molar-refractivity contribution is -0.174. The maximum Gasteiger partial charge on any atom is 0.251 e. The molecule has 1 N–H and O–H groups in total. The lowest BCUT2D eigenvalue weighted by Crippen LogP contribution is -2.38. The summed E-state index contributed by atoms with van der Waals surface area (Å²) in [6.07, 6.45) is 1.76. The highest BCUT2D eigenvalue weighted by atomic mass is 16.5. The molecule has 1 amide bonds. The molecule has 0 spiro atoms. The Balaban J connectivity index is 4.24. The van der Waals surface area contributed by atoms with Gasteiger partial charge in [0.2, 0.25) is 0 Å². The Kier molecular flexibility index (Phi) is 4.24. The fourth-order valence-electron chi connectivity index (χ4n) is 1.22. The van der Waals surface area contributed by atoms with Gasteiger partial charge in [-0.3, -0.25) is 10.0 Å². The highest BCUT2D eigenvalue weighted by Gasteiger charge is 2.29. The highest BCUT2D eigenvalue weighted by Crippen LogP contribution is 2.24. The van der Waals surface area contributed by atoms with Gasteiger partial charge in [0, 0.05) is 12.0 Å². The third kappa shape index (κ3) is 2.81. The van der Waals surface area contributed by atoms with E-state index in [1.54, 1.807) is 6.92 Å². The van der Waals surface area contributed by atoms with Crippen LogP contribution in [0.5, 0.6) is 0 Å². The lowest BCUT2D eigenvalue weighted by Gasteiger charge is -2.26. The maximum absolute atomic E-state index is 11.5. The Morgan fingerprint density at radius 3 is 2.25 bits per heavy atom. The molecule has 0 aromatic heterocycles. The molecule has 3 heteroatoms. The minimum atomic E-state index is -0.431. The fraction of sp³-hybridized carbons (Fsp3) is 0.889. The first-order valence-corrected chi connectivity index (χ1v) is 4.46. The minimum absolute atomic E-state index is 0.188. The number of hydrogen-bond acceptors (Lipinski definition) is 2. The van der Waals surface area contributed by atoms with E-state index in [2.05, 4.69) is 0 Å². The first-order chi connectivity index (χ1) is 5.45. The van der Waals surface area contributed by atoms with E-state index in [0.29, 0.717) is 6.54 Å². The molecule has 0 aliphatic carbocycles. The largest absolute Gasteiger partial charge is 0.286 e. The normalized spacial score (nSPS) is 11.4. The van der Waals surface area contributed by atoms with Crippen LogP contribution in [0.4, 0.5) is 0 Å². The molecule has 0 aliphatic heterocycles. The van der Waals surface area contributed by atoms with Crippen LogP contribution in [0.1, 0.15) is 40.5 Å². The summed E-state index contributed by atoms with van der Waals surface area (Å²) in [5.41, 5.74) is -0.431. The van der Waals surface area contributed by atoms with Gasteiger partial charge in [0.05, 0.1) is 0 Å². The molecule has 0 aliphatic rings. The van der Waals surface area contributed by atoms with Crippen LogP contribution in [0.25, 0.3) is 0 Å². The van der Waals surface area contributed by atoms with E-state index in [0.717, 1.165) is 17.9 Å². The van der Waals surface area contributed by atoms with Gasteiger partial charge in [0.15, 0.2) is 0 Å². The predicted molar refractivity (Wildman–Crippen MR) is 47.9 cm³/mol. The monoisotopic (exact) mass is 173 g/mol. The Bertz CT molecular complexity index is 155. The Hall–Kier alpha value is -0.570. The van der Waals surface area contributed by atoms with Crippen molar-refractivity contribution in [1.82, 2.24) is 5.06 Å². The van der Waals surface area contributed by atoms with E-state index >= 15 is 0 Å². The minimum Gasteiger partial charge on any atom is -0.286 e. The van der Waals surface area contributed by atoms with Crippen LogP contribution in [0.2, 0.25) is 0 Å². The van der Waals surface area contributed by atoms with Crippen LogP contribution < -0.4 is 0 Å². The van der Waals surface area contributed by atoms with Gasteiger partial charge >= 0.3 is 0 Å². The molecule has 0 bridgehead atoms. The zero-order valence-corrected chi connectivity index (χ0v) is 8.42. The average molecular weight is 173 g/mol. The van der Waals surface area contributed by atoms with Gasteiger partial charge < -0.3 is 0 Å². The zero-order chi connectivity index (χ0) is 9.78. The Labute approximate surface area is 74.3 Å². The molecule has 0 aromatic rings. The molecule has 0 heterocycles. The van der Waals surface area contributed by atoms with E-state index in [1.807, 2.05) is 20.8 Å². The van der Waals surface area contributed by atoms with Crippen molar-refractivity contribution < 1.29 is 10.0 Å². The van der Waals surface area contributed by atoms with Crippen LogP contribution in [-0.4, -0.2) is 22.7 Å². The second kappa shape index (κ2) is 4.45. The van der Waals surface area contributed by atoms with Crippen molar-refractivity contribution in [3.63, 3.8) is 0 Å². The van der Waals surface area contributed by atoms with Crippen molar-refractivity contribution in [3.8, 4) is 0 Å². The number of carbonyl (C=O) groups is 1. The molecule has 3 nitrogen and oxygen atoms in total. The molecule has 0 saturated carbocycles. The van der Waals surface area contributed by atoms with Gasteiger partial charge in [-0.2, -0.15) is 0 Å². The van der Waals surface area contributed by atoms with E-state index in [-0.39, 0.29) is 5.91 Å². The summed E-state index contributed by atoms with van der Waals surface area (Å²) in [4.78, 5) is 11.5. The number of hydrogen-bond donors (Lipinski definition) is 1. The first kappa shape index (κ1) is 11.4. The van der Waals surface area contributed by atoms with Crippen molar-refractivity contribution >= 4 is 5.91 Å². The molecule has 0 saturated heterocycles. The molecule has 0 fully saturated rings. The van der Waals surface area contributed by atoms with Crippen molar-refractivity contribution in [2.75, 3.05) is 6.54 Å². The topological polar surface area (TPSA) is 40.5 Å². The maximum atomic E-state index is 11.5. The summed E-state index contributed by atoms with van der Waals surface area (Å²) < 4.78 is 0. The van der Waals surface area contributed by atoms with E-state index in [9.17, 15) is 10.0 Å². The number of rotatable bonds is 4. The van der Waals surface area contributed by atoms with E-state index in [4.69, 9.17) is 0 Å². The van der Waals surface area contributed by atoms with E-state index in [1.165, 1.54) is 0 Å². The summed E-state index contributed by atoms with van der Waals surface area (Å²) in [5.74, 6) is -0.188. The summed E-state index contributed by atoms with van der Waals surface area (Å²) in [6, 6.07) is 0. The van der Waals surface area contributed by atoms with Gasteiger partial charge in [-0.05, 0) is 13.3 Å². The molecule has 12 heavy (non-hydrogen) atoms. The van der Waals surface area contributed by atoms with Gasteiger partial charge in [0.1, 0.15) is 0 Å². The number of hydroxylamine groups is 2. The molecule has 72 valence electrons. The molecule has 0 atom stereocenters. The van der Waals surface area contributed by atoms with Gasteiger partial charge in [-0.25, -0.2) is 5.06 Å². The fourth-order valence-corrected chi connectivity index (χ4v) is 1.22.